The van der Waals surface area contributed by atoms with E-state index in [9.17, 15) is 15.3 Å². The van der Waals surface area contributed by atoms with Crippen molar-refractivity contribution >= 4 is 5.97 Å². The smallest absolute Gasteiger partial charge is 0.345 e. The van der Waals surface area contributed by atoms with E-state index in [0.717, 1.165) is 39.0 Å². The Morgan fingerprint density at radius 1 is 0.622 bits per heavy atom. The molecule has 8 atom stereocenters. The highest BCUT2D eigenvalue weighted by atomic mass is 16.5. The van der Waals surface area contributed by atoms with Gasteiger partial charge in [-0.1, -0.05) is 105 Å². The molecule has 262 valence electrons. The van der Waals surface area contributed by atoms with Crippen LogP contribution >= 0.6 is 0 Å². The quantitative estimate of drug-likeness (QED) is 0.0680. The van der Waals surface area contributed by atoms with Crippen molar-refractivity contribution in [1.82, 2.24) is 19.6 Å². The van der Waals surface area contributed by atoms with Crippen LogP contribution in [-0.4, -0.2) is 129 Å². The van der Waals surface area contributed by atoms with E-state index in [1.165, 1.54) is 89.9 Å². The number of nitrogens with zero attached hydrogens (tertiary/aromatic N) is 4. The molecule has 0 bridgehead atoms. The Labute approximate surface area is 274 Å². The third-order valence-corrected chi connectivity index (χ3v) is 11.2. The molecule has 4 heterocycles. The van der Waals surface area contributed by atoms with E-state index in [-0.39, 0.29) is 18.7 Å². The molecule has 4 fully saturated rings. The molecule has 9 nitrogen and oxygen atoms in total. The van der Waals surface area contributed by atoms with Gasteiger partial charge >= 0.3 is 5.97 Å². The standard InChI is InChI=1S/C36H68N4O5/c1-5-9-13-17-29-21-37(29)33(38-22-30(38)18-14-10-6-2)36(39-23-31(39)19-15-11-7-3,40-24-32(40)20-16-12-8-4)34(44)45-28-35(25-41,26-42)27-43/h29-33,41-43H,5-28H2,1-4H3. The van der Waals surface area contributed by atoms with Crippen molar-refractivity contribution in [3.63, 3.8) is 0 Å². The molecule has 0 spiro atoms. The normalized spacial score (nSPS) is 32.2. The first-order valence-corrected chi connectivity index (χ1v) is 19.0. The lowest BCUT2D eigenvalue weighted by molar-refractivity contribution is -0.179. The first-order valence-electron chi connectivity index (χ1n) is 19.0. The molecular formula is C36H68N4O5. The minimum absolute atomic E-state index is 0.0672. The lowest BCUT2D eigenvalue weighted by atomic mass is 9.92. The number of rotatable bonds is 27. The van der Waals surface area contributed by atoms with Crippen molar-refractivity contribution in [2.45, 2.75) is 166 Å². The number of esters is 1. The van der Waals surface area contributed by atoms with Gasteiger partial charge in [-0.2, -0.15) is 0 Å². The molecule has 0 amide bonds. The van der Waals surface area contributed by atoms with Gasteiger partial charge in [-0.15, -0.1) is 0 Å². The Balaban J connectivity index is 1.69. The lowest BCUT2D eigenvalue weighted by Crippen LogP contribution is -2.68. The second kappa shape index (κ2) is 17.5. The monoisotopic (exact) mass is 637 g/mol. The summed E-state index contributed by atoms with van der Waals surface area (Å²) in [6.07, 6.45) is 18.9. The average Bonchev–Trinajstić information content (AvgIpc) is 3.85. The van der Waals surface area contributed by atoms with Crippen molar-refractivity contribution in [2.24, 2.45) is 5.41 Å². The maximum absolute atomic E-state index is 15.0. The summed E-state index contributed by atoms with van der Waals surface area (Å²) in [5, 5.41) is 30.3. The highest BCUT2D eigenvalue weighted by Crippen LogP contribution is 2.52. The van der Waals surface area contributed by atoms with Gasteiger partial charge in [-0.25, -0.2) is 4.79 Å². The number of aliphatic hydroxyl groups is 3. The molecule has 4 saturated heterocycles. The summed E-state index contributed by atoms with van der Waals surface area (Å²) < 4.78 is 6.25. The fraction of sp³-hybridized carbons (Fsp3) is 0.972. The minimum Gasteiger partial charge on any atom is -0.462 e. The van der Waals surface area contributed by atoms with Crippen molar-refractivity contribution in [3.05, 3.63) is 0 Å². The molecular weight excluding hydrogens is 568 g/mol. The van der Waals surface area contributed by atoms with Gasteiger partial charge in [0.2, 0.25) is 5.66 Å². The summed E-state index contributed by atoms with van der Waals surface area (Å²) >= 11 is 0. The molecule has 4 rings (SSSR count). The van der Waals surface area contributed by atoms with Crippen LogP contribution in [0.4, 0.5) is 0 Å². The van der Waals surface area contributed by atoms with Crippen LogP contribution < -0.4 is 0 Å². The van der Waals surface area contributed by atoms with Crippen molar-refractivity contribution in [1.29, 1.82) is 0 Å². The van der Waals surface area contributed by atoms with Crippen LogP contribution in [0, 0.1) is 5.41 Å². The van der Waals surface area contributed by atoms with Crippen molar-refractivity contribution in [3.8, 4) is 0 Å². The number of aliphatic hydroxyl groups excluding tert-OH is 3. The zero-order chi connectivity index (χ0) is 32.5. The second-order valence-corrected chi connectivity index (χ2v) is 14.9. The number of hydrogen-bond donors (Lipinski definition) is 3. The van der Waals surface area contributed by atoms with E-state index in [1.807, 2.05) is 0 Å². The van der Waals surface area contributed by atoms with Gasteiger partial charge in [-0.05, 0) is 25.7 Å². The number of ether oxygens (including phenoxy) is 1. The van der Waals surface area contributed by atoms with Crippen molar-refractivity contribution < 1.29 is 24.9 Å². The summed E-state index contributed by atoms with van der Waals surface area (Å²) in [4.78, 5) is 25.2. The Hall–Kier alpha value is -0.810. The van der Waals surface area contributed by atoms with E-state index in [1.54, 1.807) is 0 Å². The number of unbranched alkanes of at least 4 members (excludes halogenated alkanes) is 8. The summed E-state index contributed by atoms with van der Waals surface area (Å²) in [5.74, 6) is -0.248. The molecule has 9 heteroatoms. The van der Waals surface area contributed by atoms with Crippen LogP contribution in [0.2, 0.25) is 0 Å². The van der Waals surface area contributed by atoms with Crippen LogP contribution in [0.1, 0.15) is 130 Å². The first kappa shape index (κ1) is 37.0. The van der Waals surface area contributed by atoms with Crippen LogP contribution in [-0.2, 0) is 9.53 Å². The predicted molar refractivity (Wildman–Crippen MR) is 180 cm³/mol. The van der Waals surface area contributed by atoms with E-state index < -0.39 is 30.9 Å². The zero-order valence-corrected chi connectivity index (χ0v) is 29.3. The number of hydrogen-bond acceptors (Lipinski definition) is 9. The van der Waals surface area contributed by atoms with E-state index in [0.29, 0.717) is 24.2 Å². The summed E-state index contributed by atoms with van der Waals surface area (Å²) in [6.45, 7) is 11.4. The Kier molecular flexibility index (Phi) is 14.4. The van der Waals surface area contributed by atoms with Gasteiger partial charge in [-0.3, -0.25) is 19.6 Å². The predicted octanol–water partition coefficient (Wildman–Crippen LogP) is 4.57. The molecule has 0 radical (unpaired) electrons. The first-order chi connectivity index (χ1) is 21.9. The maximum atomic E-state index is 15.0. The Morgan fingerprint density at radius 2 is 1.00 bits per heavy atom. The van der Waals surface area contributed by atoms with Gasteiger partial charge in [0.1, 0.15) is 12.8 Å². The Morgan fingerprint density at radius 3 is 1.36 bits per heavy atom. The summed E-state index contributed by atoms with van der Waals surface area (Å²) in [7, 11) is 0. The van der Waals surface area contributed by atoms with E-state index in [4.69, 9.17) is 4.74 Å². The van der Waals surface area contributed by atoms with E-state index in [2.05, 4.69) is 47.3 Å². The highest BCUT2D eigenvalue weighted by Gasteiger charge is 2.73. The highest BCUT2D eigenvalue weighted by molar-refractivity contribution is 5.83. The zero-order valence-electron chi connectivity index (χ0n) is 29.3. The van der Waals surface area contributed by atoms with Gasteiger partial charge in [0.25, 0.3) is 0 Å². The summed E-state index contributed by atoms with van der Waals surface area (Å²) in [5.41, 5.74) is -2.17. The largest absolute Gasteiger partial charge is 0.462 e. The van der Waals surface area contributed by atoms with Gasteiger partial charge < -0.3 is 20.1 Å². The van der Waals surface area contributed by atoms with Crippen LogP contribution in [0.25, 0.3) is 0 Å². The fourth-order valence-electron chi connectivity index (χ4n) is 7.78. The SMILES string of the molecule is CCCCCC1CN1C(N1CC1CCCCC)C(C(=O)OCC(CO)(CO)CO)(N1CC1CCCCC)N1CC1CCCCC. The molecule has 3 N–H and O–H groups in total. The molecule has 4 aliphatic rings. The Bertz CT molecular complexity index is 831. The van der Waals surface area contributed by atoms with E-state index >= 15 is 4.79 Å². The maximum Gasteiger partial charge on any atom is 0.345 e. The van der Waals surface area contributed by atoms with Gasteiger partial charge in [0.05, 0.1) is 25.2 Å². The number of carbonyl (C=O) groups is 1. The molecule has 0 aromatic rings. The van der Waals surface area contributed by atoms with Crippen LogP contribution in [0.5, 0.6) is 0 Å². The third-order valence-electron chi connectivity index (χ3n) is 11.2. The fourth-order valence-corrected chi connectivity index (χ4v) is 7.78. The molecule has 45 heavy (non-hydrogen) atoms. The van der Waals surface area contributed by atoms with Gasteiger partial charge in [0.15, 0.2) is 0 Å². The average molecular weight is 637 g/mol. The second-order valence-electron chi connectivity index (χ2n) is 14.9. The third kappa shape index (κ3) is 9.01. The molecule has 0 aromatic carbocycles. The molecule has 4 aliphatic heterocycles. The van der Waals surface area contributed by atoms with Crippen LogP contribution in [0.3, 0.4) is 0 Å². The summed E-state index contributed by atoms with van der Waals surface area (Å²) in [6, 6.07) is 1.71. The van der Waals surface area contributed by atoms with Gasteiger partial charge in [0, 0.05) is 50.3 Å². The molecule has 0 aliphatic carbocycles. The number of carbonyl (C=O) groups excluding carboxylic acids is 1. The topological polar surface area (TPSA) is 99.0 Å². The minimum atomic E-state index is -1.25. The molecule has 0 saturated carbocycles. The van der Waals surface area contributed by atoms with Crippen molar-refractivity contribution in [2.75, 3.05) is 52.6 Å². The molecule has 0 aromatic heterocycles. The lowest BCUT2D eigenvalue weighted by Gasteiger charge is -2.44. The molecule has 8 unspecified atom stereocenters. The van der Waals surface area contributed by atoms with Crippen LogP contribution in [0.15, 0.2) is 0 Å².